The molecule has 0 bridgehead atoms. The summed E-state index contributed by atoms with van der Waals surface area (Å²) in [7, 11) is 0. The summed E-state index contributed by atoms with van der Waals surface area (Å²) in [5.74, 6) is -0.725. The maximum Gasteiger partial charge on any atom is 0.320 e. The van der Waals surface area contributed by atoms with Crippen LogP contribution in [0, 0.1) is 5.41 Å². The first-order valence-electron chi connectivity index (χ1n) is 6.04. The van der Waals surface area contributed by atoms with E-state index in [1.165, 1.54) is 0 Å². The van der Waals surface area contributed by atoms with E-state index >= 15 is 0 Å². The molecule has 3 N–H and O–H groups in total. The average Bonchev–Trinajstić information content (AvgIpc) is 2.22. The summed E-state index contributed by atoms with van der Waals surface area (Å²) in [4.78, 5) is 13.2. The maximum atomic E-state index is 11.2. The predicted octanol–water partition coefficient (Wildman–Crippen LogP) is 1.55. The summed E-state index contributed by atoms with van der Waals surface area (Å²) < 4.78 is 0. The van der Waals surface area contributed by atoms with Crippen molar-refractivity contribution in [2.24, 2.45) is 11.1 Å². The van der Waals surface area contributed by atoms with Crippen molar-refractivity contribution < 1.29 is 9.90 Å². The van der Waals surface area contributed by atoms with Crippen LogP contribution in [0.4, 0.5) is 0 Å². The van der Waals surface area contributed by atoms with Gasteiger partial charge in [-0.3, -0.25) is 9.69 Å². The SMILES string of the molecule is CCCC(C(=O)O)N(CC)CC(C)(C)CN. The molecule has 0 fully saturated rings. The third-order valence-corrected chi connectivity index (χ3v) is 2.88. The van der Waals surface area contributed by atoms with Crippen molar-refractivity contribution in [1.29, 1.82) is 0 Å². The number of hydrogen-bond acceptors (Lipinski definition) is 3. The van der Waals surface area contributed by atoms with Gasteiger partial charge in [-0.25, -0.2) is 0 Å². The number of nitrogens with two attached hydrogens (primary N) is 1. The summed E-state index contributed by atoms with van der Waals surface area (Å²) in [6.07, 6.45) is 1.58. The zero-order valence-electron chi connectivity index (χ0n) is 11.0. The van der Waals surface area contributed by atoms with Crippen molar-refractivity contribution in [3.63, 3.8) is 0 Å². The number of carboxylic acids is 1. The van der Waals surface area contributed by atoms with Crippen LogP contribution < -0.4 is 5.73 Å². The molecule has 16 heavy (non-hydrogen) atoms. The van der Waals surface area contributed by atoms with E-state index in [1.54, 1.807) is 0 Å². The molecule has 0 amide bonds. The summed E-state index contributed by atoms with van der Waals surface area (Å²) in [5, 5.41) is 9.20. The van der Waals surface area contributed by atoms with Gasteiger partial charge in [-0.1, -0.05) is 34.1 Å². The average molecular weight is 230 g/mol. The first-order valence-corrected chi connectivity index (χ1v) is 6.04. The highest BCUT2D eigenvalue weighted by Crippen LogP contribution is 2.18. The van der Waals surface area contributed by atoms with Crippen LogP contribution in [0.25, 0.3) is 0 Å². The molecule has 0 saturated carbocycles. The highest BCUT2D eigenvalue weighted by molar-refractivity contribution is 5.73. The van der Waals surface area contributed by atoms with E-state index in [0.717, 1.165) is 19.5 Å². The number of nitrogens with zero attached hydrogens (tertiary/aromatic N) is 1. The standard InChI is InChI=1S/C12H26N2O2/c1-5-7-10(11(15)16)14(6-2)9-12(3,4)8-13/h10H,5-9,13H2,1-4H3,(H,15,16). The van der Waals surface area contributed by atoms with Crippen molar-refractivity contribution >= 4 is 5.97 Å². The van der Waals surface area contributed by atoms with Crippen molar-refractivity contribution in [3.8, 4) is 0 Å². The summed E-state index contributed by atoms with van der Waals surface area (Å²) in [6.45, 7) is 10.2. The number of carboxylic acid groups (broad SMARTS) is 1. The number of likely N-dealkylation sites (N-methyl/N-ethyl adjacent to an activating group) is 1. The Labute approximate surface area is 98.8 Å². The van der Waals surface area contributed by atoms with E-state index in [4.69, 9.17) is 5.73 Å². The van der Waals surface area contributed by atoms with Gasteiger partial charge in [-0.2, -0.15) is 0 Å². The second kappa shape index (κ2) is 6.86. The molecule has 0 spiro atoms. The van der Waals surface area contributed by atoms with Crippen molar-refractivity contribution in [2.75, 3.05) is 19.6 Å². The van der Waals surface area contributed by atoms with Crippen LogP contribution in [-0.2, 0) is 4.79 Å². The Hall–Kier alpha value is -0.610. The van der Waals surface area contributed by atoms with Gasteiger partial charge < -0.3 is 10.8 Å². The van der Waals surface area contributed by atoms with Gasteiger partial charge in [-0.15, -0.1) is 0 Å². The molecular formula is C12H26N2O2. The Morgan fingerprint density at radius 1 is 1.44 bits per heavy atom. The summed E-state index contributed by atoms with van der Waals surface area (Å²) >= 11 is 0. The van der Waals surface area contributed by atoms with Gasteiger partial charge in [0.05, 0.1) is 0 Å². The third-order valence-electron chi connectivity index (χ3n) is 2.88. The molecule has 1 unspecified atom stereocenters. The Morgan fingerprint density at radius 2 is 2.00 bits per heavy atom. The molecule has 0 rings (SSSR count). The van der Waals surface area contributed by atoms with E-state index in [1.807, 2.05) is 18.7 Å². The molecule has 0 aromatic heterocycles. The predicted molar refractivity (Wildman–Crippen MR) is 66.4 cm³/mol. The van der Waals surface area contributed by atoms with Gasteiger partial charge in [-0.05, 0) is 24.9 Å². The molecule has 4 nitrogen and oxygen atoms in total. The molecule has 4 heteroatoms. The first-order chi connectivity index (χ1) is 7.37. The molecule has 0 saturated heterocycles. The van der Waals surface area contributed by atoms with E-state index in [9.17, 15) is 9.90 Å². The molecular weight excluding hydrogens is 204 g/mol. The Morgan fingerprint density at radius 3 is 2.31 bits per heavy atom. The fraction of sp³-hybridized carbons (Fsp3) is 0.917. The smallest absolute Gasteiger partial charge is 0.320 e. The fourth-order valence-electron chi connectivity index (χ4n) is 1.79. The Bertz CT molecular complexity index is 217. The van der Waals surface area contributed by atoms with Crippen LogP contribution >= 0.6 is 0 Å². The van der Waals surface area contributed by atoms with Crippen LogP contribution in [0.3, 0.4) is 0 Å². The van der Waals surface area contributed by atoms with E-state index in [2.05, 4.69) is 13.8 Å². The van der Waals surface area contributed by atoms with Crippen LogP contribution in [0.2, 0.25) is 0 Å². The molecule has 0 aromatic rings. The number of hydrogen-bond donors (Lipinski definition) is 2. The number of carbonyl (C=O) groups is 1. The molecule has 1 atom stereocenters. The van der Waals surface area contributed by atoms with Gasteiger partial charge in [0.1, 0.15) is 6.04 Å². The van der Waals surface area contributed by atoms with Crippen molar-refractivity contribution in [3.05, 3.63) is 0 Å². The highest BCUT2D eigenvalue weighted by Gasteiger charge is 2.28. The zero-order valence-corrected chi connectivity index (χ0v) is 11.0. The monoisotopic (exact) mass is 230 g/mol. The maximum absolute atomic E-state index is 11.2. The van der Waals surface area contributed by atoms with Crippen LogP contribution in [-0.4, -0.2) is 41.7 Å². The summed E-state index contributed by atoms with van der Waals surface area (Å²) in [6, 6.07) is -0.374. The topological polar surface area (TPSA) is 66.6 Å². The molecule has 0 aromatic carbocycles. The first kappa shape index (κ1) is 15.4. The van der Waals surface area contributed by atoms with E-state index in [0.29, 0.717) is 13.0 Å². The molecule has 96 valence electrons. The third kappa shape index (κ3) is 4.94. The number of aliphatic carboxylic acids is 1. The van der Waals surface area contributed by atoms with E-state index in [-0.39, 0.29) is 11.5 Å². The molecule has 0 heterocycles. The molecule has 0 aliphatic carbocycles. The minimum Gasteiger partial charge on any atom is -0.480 e. The van der Waals surface area contributed by atoms with Crippen LogP contribution in [0.15, 0.2) is 0 Å². The lowest BCUT2D eigenvalue weighted by Crippen LogP contribution is -2.47. The second-order valence-electron chi connectivity index (χ2n) is 5.07. The van der Waals surface area contributed by atoms with E-state index < -0.39 is 5.97 Å². The normalized spacial score (nSPS) is 14.1. The fourth-order valence-corrected chi connectivity index (χ4v) is 1.79. The van der Waals surface area contributed by atoms with Crippen molar-refractivity contribution in [2.45, 2.75) is 46.6 Å². The second-order valence-corrected chi connectivity index (χ2v) is 5.07. The van der Waals surface area contributed by atoms with Gasteiger partial charge in [0, 0.05) is 6.54 Å². The lowest BCUT2D eigenvalue weighted by atomic mass is 9.92. The lowest BCUT2D eigenvalue weighted by Gasteiger charge is -2.34. The van der Waals surface area contributed by atoms with Gasteiger partial charge in [0.2, 0.25) is 0 Å². The van der Waals surface area contributed by atoms with Gasteiger partial charge in [0.25, 0.3) is 0 Å². The largest absolute Gasteiger partial charge is 0.480 e. The lowest BCUT2D eigenvalue weighted by molar-refractivity contribution is -0.144. The Balaban J connectivity index is 4.60. The van der Waals surface area contributed by atoms with Crippen molar-refractivity contribution in [1.82, 2.24) is 4.90 Å². The molecule has 0 aliphatic rings. The Kier molecular flexibility index (Phi) is 6.60. The van der Waals surface area contributed by atoms with Gasteiger partial charge >= 0.3 is 5.97 Å². The zero-order chi connectivity index (χ0) is 12.8. The van der Waals surface area contributed by atoms with Gasteiger partial charge in [0.15, 0.2) is 0 Å². The van der Waals surface area contributed by atoms with Crippen LogP contribution in [0.5, 0.6) is 0 Å². The summed E-state index contributed by atoms with van der Waals surface area (Å²) in [5.41, 5.74) is 5.66. The molecule has 0 aliphatic heterocycles. The number of rotatable bonds is 8. The minimum atomic E-state index is -0.725. The quantitative estimate of drug-likeness (QED) is 0.664. The highest BCUT2D eigenvalue weighted by atomic mass is 16.4. The van der Waals surface area contributed by atoms with Crippen LogP contribution in [0.1, 0.15) is 40.5 Å². The minimum absolute atomic E-state index is 0.0303. The molecule has 0 radical (unpaired) electrons.